The molecule has 0 aliphatic carbocycles. The van der Waals surface area contributed by atoms with E-state index in [1.165, 1.54) is 7.05 Å². The first-order valence-electron chi connectivity index (χ1n) is 6.90. The number of nitrogens with zero attached hydrogens (tertiary/aromatic N) is 3. The maximum Gasteiger partial charge on any atom is 0.434 e. The van der Waals surface area contributed by atoms with E-state index in [0.29, 0.717) is 6.42 Å². The molecule has 23 heavy (non-hydrogen) atoms. The summed E-state index contributed by atoms with van der Waals surface area (Å²) in [6.07, 6.45) is -3.74. The number of amides is 2. The number of carbonyl (C=O) groups is 2. The minimum Gasteiger partial charge on any atom is -0.342 e. The van der Waals surface area contributed by atoms with Crippen LogP contribution in [-0.4, -0.2) is 34.6 Å². The highest BCUT2D eigenvalue weighted by atomic mass is 32.1. The molecule has 1 N–H and O–H groups in total. The average Bonchev–Trinajstić information content (AvgIpc) is 2.97. The predicted molar refractivity (Wildman–Crippen MR) is 77.7 cm³/mol. The van der Waals surface area contributed by atoms with E-state index in [0.717, 1.165) is 21.7 Å². The van der Waals surface area contributed by atoms with Crippen LogP contribution in [0.1, 0.15) is 42.9 Å². The van der Waals surface area contributed by atoms with Gasteiger partial charge in [0, 0.05) is 25.3 Å². The summed E-state index contributed by atoms with van der Waals surface area (Å²) >= 11 is 0.848. The maximum absolute atomic E-state index is 12.6. The molecule has 0 saturated carbocycles. The van der Waals surface area contributed by atoms with Crippen molar-refractivity contribution in [2.45, 2.75) is 38.4 Å². The summed E-state index contributed by atoms with van der Waals surface area (Å²) in [7, 11) is 1.45. The second-order valence-corrected chi connectivity index (χ2v) is 5.86. The molecule has 0 saturated heterocycles. The topological polar surface area (TPSA) is 74.7 Å². The van der Waals surface area contributed by atoms with Crippen LogP contribution in [0.5, 0.6) is 0 Å². The fourth-order valence-corrected chi connectivity index (χ4v) is 2.95. The molecule has 1 aliphatic heterocycles. The molecule has 0 spiro atoms. The first kappa shape index (κ1) is 17.4. The second kappa shape index (κ2) is 6.65. The summed E-state index contributed by atoms with van der Waals surface area (Å²) in [5, 5.41) is 8.71. The van der Waals surface area contributed by atoms with Crippen LogP contribution in [0, 0.1) is 0 Å². The summed E-state index contributed by atoms with van der Waals surface area (Å²) in [6, 6.07) is -0.630. The van der Waals surface area contributed by atoms with Crippen molar-refractivity contribution >= 4 is 28.9 Å². The molecular weight excluding hydrogens is 333 g/mol. The molecular formula is C13H15F3N4O2S. The fourth-order valence-electron chi connectivity index (χ4n) is 1.99. The maximum atomic E-state index is 12.6. The summed E-state index contributed by atoms with van der Waals surface area (Å²) in [5.74, 6) is -0.691. The van der Waals surface area contributed by atoms with Crippen LogP contribution >= 0.6 is 11.3 Å². The summed E-state index contributed by atoms with van der Waals surface area (Å²) in [6.45, 7) is 1.73. The van der Waals surface area contributed by atoms with E-state index in [4.69, 9.17) is 0 Å². The lowest BCUT2D eigenvalue weighted by Crippen LogP contribution is -2.39. The molecule has 126 valence electrons. The SMILES string of the molecule is CC[C@@H](NC(=O)C1=NN(C)C(=O)CC1)c1nc(C(F)(F)F)cs1. The Balaban J connectivity index is 2.10. The molecule has 2 rings (SSSR count). The van der Waals surface area contributed by atoms with Crippen molar-refractivity contribution in [1.29, 1.82) is 0 Å². The molecule has 0 unspecified atom stereocenters. The number of hydrazone groups is 1. The van der Waals surface area contributed by atoms with Crippen LogP contribution in [-0.2, 0) is 15.8 Å². The van der Waals surface area contributed by atoms with E-state index < -0.39 is 23.8 Å². The third-order valence-electron chi connectivity index (χ3n) is 3.29. The lowest BCUT2D eigenvalue weighted by atomic mass is 10.1. The molecule has 1 aromatic heterocycles. The largest absolute Gasteiger partial charge is 0.434 e. The summed E-state index contributed by atoms with van der Waals surface area (Å²) in [5.41, 5.74) is -0.788. The molecule has 0 fully saturated rings. The van der Waals surface area contributed by atoms with Crippen LogP contribution in [0.15, 0.2) is 10.5 Å². The molecule has 6 nitrogen and oxygen atoms in total. The Bertz CT molecular complexity index is 641. The average molecular weight is 348 g/mol. The van der Waals surface area contributed by atoms with E-state index in [1.54, 1.807) is 6.92 Å². The Morgan fingerprint density at radius 3 is 2.70 bits per heavy atom. The molecule has 0 aromatic carbocycles. The van der Waals surface area contributed by atoms with Gasteiger partial charge in [0.05, 0.1) is 6.04 Å². The highest BCUT2D eigenvalue weighted by molar-refractivity contribution is 7.09. The number of hydrogen-bond acceptors (Lipinski definition) is 5. The number of halogens is 3. The van der Waals surface area contributed by atoms with Crippen molar-refractivity contribution in [2.75, 3.05) is 7.05 Å². The summed E-state index contributed by atoms with van der Waals surface area (Å²) < 4.78 is 37.8. The van der Waals surface area contributed by atoms with Crippen molar-refractivity contribution in [3.05, 3.63) is 16.1 Å². The number of alkyl halides is 3. The van der Waals surface area contributed by atoms with E-state index >= 15 is 0 Å². The standard InChI is InChI=1S/C13H15F3N4O2S/c1-3-7(12-18-9(6-23-12)13(14,15)16)17-11(22)8-4-5-10(21)20(2)19-8/h6-7H,3-5H2,1-2H3,(H,17,22)/t7-/m1/s1. The summed E-state index contributed by atoms with van der Waals surface area (Å²) in [4.78, 5) is 27.1. The first-order chi connectivity index (χ1) is 10.7. The van der Waals surface area contributed by atoms with Crippen molar-refractivity contribution < 1.29 is 22.8 Å². The van der Waals surface area contributed by atoms with Gasteiger partial charge in [-0.25, -0.2) is 9.99 Å². The number of aromatic nitrogens is 1. The Morgan fingerprint density at radius 1 is 1.48 bits per heavy atom. The number of carbonyl (C=O) groups excluding carboxylic acids is 2. The highest BCUT2D eigenvalue weighted by Crippen LogP contribution is 2.32. The van der Waals surface area contributed by atoms with Gasteiger partial charge in [0.1, 0.15) is 10.7 Å². The monoisotopic (exact) mass is 348 g/mol. The van der Waals surface area contributed by atoms with Gasteiger partial charge in [0.15, 0.2) is 5.69 Å². The van der Waals surface area contributed by atoms with Crippen LogP contribution < -0.4 is 5.32 Å². The molecule has 1 atom stereocenters. The van der Waals surface area contributed by atoms with Gasteiger partial charge in [-0.3, -0.25) is 9.59 Å². The number of thiazole rings is 1. The third kappa shape index (κ3) is 4.06. The zero-order valence-corrected chi connectivity index (χ0v) is 13.3. The van der Waals surface area contributed by atoms with Crippen molar-refractivity contribution in [2.24, 2.45) is 5.10 Å². The highest BCUT2D eigenvalue weighted by Gasteiger charge is 2.34. The van der Waals surface area contributed by atoms with Gasteiger partial charge < -0.3 is 5.32 Å². The molecule has 2 amide bonds. The Hall–Kier alpha value is -1.97. The van der Waals surface area contributed by atoms with E-state index in [1.807, 2.05) is 0 Å². The molecule has 0 bridgehead atoms. The van der Waals surface area contributed by atoms with E-state index in [9.17, 15) is 22.8 Å². The van der Waals surface area contributed by atoms with Crippen LogP contribution in [0.25, 0.3) is 0 Å². The molecule has 1 aromatic rings. The zero-order chi connectivity index (χ0) is 17.2. The first-order valence-corrected chi connectivity index (χ1v) is 7.77. The number of rotatable bonds is 4. The van der Waals surface area contributed by atoms with Crippen LogP contribution in [0.2, 0.25) is 0 Å². The van der Waals surface area contributed by atoms with Gasteiger partial charge in [-0.1, -0.05) is 6.92 Å². The molecule has 0 radical (unpaired) electrons. The van der Waals surface area contributed by atoms with Gasteiger partial charge >= 0.3 is 6.18 Å². The quantitative estimate of drug-likeness (QED) is 0.907. The zero-order valence-electron chi connectivity index (χ0n) is 12.5. The van der Waals surface area contributed by atoms with Crippen LogP contribution in [0.3, 0.4) is 0 Å². The van der Waals surface area contributed by atoms with Gasteiger partial charge in [-0.05, 0) is 6.42 Å². The van der Waals surface area contributed by atoms with Gasteiger partial charge in [0.25, 0.3) is 5.91 Å². The third-order valence-corrected chi connectivity index (χ3v) is 4.25. The molecule has 1 aliphatic rings. The second-order valence-electron chi connectivity index (χ2n) is 4.97. The van der Waals surface area contributed by atoms with Crippen molar-refractivity contribution in [3.8, 4) is 0 Å². The fraction of sp³-hybridized carbons (Fsp3) is 0.538. The smallest absolute Gasteiger partial charge is 0.342 e. The lowest BCUT2D eigenvalue weighted by Gasteiger charge is -2.21. The molecule has 10 heteroatoms. The van der Waals surface area contributed by atoms with Crippen molar-refractivity contribution in [3.63, 3.8) is 0 Å². The van der Waals surface area contributed by atoms with Gasteiger partial charge in [-0.2, -0.15) is 18.3 Å². The normalized spacial score (nSPS) is 17.0. The predicted octanol–water partition coefficient (Wildman–Crippen LogP) is 2.34. The number of hydrogen-bond donors (Lipinski definition) is 1. The van der Waals surface area contributed by atoms with Gasteiger partial charge in [-0.15, -0.1) is 11.3 Å². The lowest BCUT2D eigenvalue weighted by molar-refractivity contribution is -0.140. The molecule has 2 heterocycles. The minimum absolute atomic E-state index is 0.176. The Morgan fingerprint density at radius 2 is 2.17 bits per heavy atom. The minimum atomic E-state index is -4.51. The van der Waals surface area contributed by atoms with Crippen LogP contribution in [0.4, 0.5) is 13.2 Å². The number of nitrogens with one attached hydrogen (secondary N) is 1. The van der Waals surface area contributed by atoms with Gasteiger partial charge in [0.2, 0.25) is 5.91 Å². The van der Waals surface area contributed by atoms with E-state index in [-0.39, 0.29) is 29.5 Å². The van der Waals surface area contributed by atoms with E-state index in [2.05, 4.69) is 15.4 Å². The Labute approximate surface area is 134 Å². The Kier molecular flexibility index (Phi) is 5.03. The van der Waals surface area contributed by atoms with Crippen molar-refractivity contribution in [1.82, 2.24) is 15.3 Å².